The van der Waals surface area contributed by atoms with Gasteiger partial charge in [-0.15, -0.1) is 0 Å². The van der Waals surface area contributed by atoms with E-state index in [9.17, 15) is 0 Å². The molecule has 3 aromatic heterocycles. The number of aryl methyl sites for hydroxylation is 1. The van der Waals surface area contributed by atoms with Crippen LogP contribution in [0.2, 0.25) is 0 Å². The van der Waals surface area contributed by atoms with Gasteiger partial charge in [0.2, 0.25) is 0 Å². The van der Waals surface area contributed by atoms with Gasteiger partial charge in [-0.05, 0) is 24.6 Å². The summed E-state index contributed by atoms with van der Waals surface area (Å²) in [6, 6.07) is 3.96. The smallest absolute Gasteiger partial charge is 0.150 e. The summed E-state index contributed by atoms with van der Waals surface area (Å²) in [5, 5.41) is 0.856. The maximum Gasteiger partial charge on any atom is 0.150 e. The lowest BCUT2D eigenvalue weighted by molar-refractivity contribution is 1.05. The fourth-order valence-corrected chi connectivity index (χ4v) is 1.85. The van der Waals surface area contributed by atoms with Gasteiger partial charge in [-0.3, -0.25) is 9.55 Å². The second-order valence-corrected chi connectivity index (χ2v) is 3.90. The van der Waals surface area contributed by atoms with Crippen molar-refractivity contribution in [1.82, 2.24) is 19.5 Å². The molecule has 0 amide bonds. The van der Waals surface area contributed by atoms with E-state index in [-0.39, 0.29) is 0 Å². The molecule has 3 rings (SSSR count). The van der Waals surface area contributed by atoms with E-state index in [0.29, 0.717) is 5.82 Å². The second-order valence-electron chi connectivity index (χ2n) is 3.90. The van der Waals surface area contributed by atoms with Crippen molar-refractivity contribution in [3.05, 3.63) is 42.6 Å². The normalized spacial score (nSPS) is 10.9. The summed E-state index contributed by atoms with van der Waals surface area (Å²) in [5.41, 5.74) is 8.67. The van der Waals surface area contributed by atoms with Gasteiger partial charge in [0.1, 0.15) is 17.8 Å². The largest absolute Gasteiger partial charge is 0.383 e. The number of hydrogen-bond acceptors (Lipinski definition) is 4. The standard InChI is InChI=1S/C12H11N5/c1-8-4-9(6-14-5-8)17-3-2-10-11(13)15-7-16-12(10)17/h2-7H,1H3,(H2,13,15,16). The molecule has 17 heavy (non-hydrogen) atoms. The first kappa shape index (κ1) is 9.77. The molecule has 0 fully saturated rings. The fraction of sp³-hybridized carbons (Fsp3) is 0.0833. The summed E-state index contributed by atoms with van der Waals surface area (Å²) in [6.45, 7) is 2.01. The van der Waals surface area contributed by atoms with E-state index < -0.39 is 0 Å². The number of rotatable bonds is 1. The summed E-state index contributed by atoms with van der Waals surface area (Å²) in [7, 11) is 0. The van der Waals surface area contributed by atoms with Crippen LogP contribution in [0.3, 0.4) is 0 Å². The number of nitrogens with zero attached hydrogens (tertiary/aromatic N) is 4. The number of nitrogen functional groups attached to an aromatic ring is 1. The highest BCUT2D eigenvalue weighted by atomic mass is 15.1. The van der Waals surface area contributed by atoms with Crippen LogP contribution < -0.4 is 5.73 Å². The lowest BCUT2D eigenvalue weighted by Crippen LogP contribution is -1.97. The van der Waals surface area contributed by atoms with Crippen LogP contribution in [0.25, 0.3) is 16.7 Å². The highest BCUT2D eigenvalue weighted by Crippen LogP contribution is 2.21. The Balaban J connectivity index is 2.28. The van der Waals surface area contributed by atoms with Crippen molar-refractivity contribution in [1.29, 1.82) is 0 Å². The highest BCUT2D eigenvalue weighted by Gasteiger charge is 2.07. The minimum absolute atomic E-state index is 0.495. The van der Waals surface area contributed by atoms with Gasteiger partial charge in [0.25, 0.3) is 0 Å². The van der Waals surface area contributed by atoms with Crippen LogP contribution in [-0.4, -0.2) is 19.5 Å². The van der Waals surface area contributed by atoms with E-state index in [4.69, 9.17) is 5.73 Å². The molecular weight excluding hydrogens is 214 g/mol. The van der Waals surface area contributed by atoms with Gasteiger partial charge in [0.05, 0.1) is 17.3 Å². The van der Waals surface area contributed by atoms with Crippen molar-refractivity contribution in [2.24, 2.45) is 0 Å². The number of fused-ring (bicyclic) bond motifs is 1. The molecule has 2 N–H and O–H groups in total. The minimum atomic E-state index is 0.495. The third-order valence-corrected chi connectivity index (χ3v) is 2.65. The Morgan fingerprint density at radius 3 is 2.94 bits per heavy atom. The average Bonchev–Trinajstić information content (AvgIpc) is 2.74. The van der Waals surface area contributed by atoms with Crippen molar-refractivity contribution in [3.8, 4) is 5.69 Å². The minimum Gasteiger partial charge on any atom is -0.383 e. The van der Waals surface area contributed by atoms with Crippen LogP contribution in [0.5, 0.6) is 0 Å². The third kappa shape index (κ3) is 1.52. The topological polar surface area (TPSA) is 69.6 Å². The molecule has 5 nitrogen and oxygen atoms in total. The Hall–Kier alpha value is -2.43. The van der Waals surface area contributed by atoms with E-state index in [1.165, 1.54) is 6.33 Å². The van der Waals surface area contributed by atoms with E-state index in [2.05, 4.69) is 15.0 Å². The molecule has 0 saturated carbocycles. The van der Waals surface area contributed by atoms with Gasteiger partial charge in [0, 0.05) is 12.4 Å². The Morgan fingerprint density at radius 1 is 1.24 bits per heavy atom. The molecule has 0 aromatic carbocycles. The zero-order valence-electron chi connectivity index (χ0n) is 9.33. The Kier molecular flexibility index (Phi) is 2.04. The number of aromatic nitrogens is 4. The molecule has 0 unspecified atom stereocenters. The Bertz CT molecular complexity index is 686. The van der Waals surface area contributed by atoms with Gasteiger partial charge in [-0.2, -0.15) is 0 Å². The van der Waals surface area contributed by atoms with E-state index in [1.807, 2.05) is 36.0 Å². The lowest BCUT2D eigenvalue weighted by atomic mass is 10.3. The summed E-state index contributed by atoms with van der Waals surface area (Å²) in [5.74, 6) is 0.495. The summed E-state index contributed by atoms with van der Waals surface area (Å²) >= 11 is 0. The molecule has 0 atom stereocenters. The van der Waals surface area contributed by atoms with E-state index >= 15 is 0 Å². The number of anilines is 1. The number of pyridine rings is 1. The van der Waals surface area contributed by atoms with E-state index in [0.717, 1.165) is 22.3 Å². The van der Waals surface area contributed by atoms with Crippen LogP contribution in [0, 0.1) is 6.92 Å². The summed E-state index contributed by atoms with van der Waals surface area (Å²) in [6.07, 6.45) is 7.01. The summed E-state index contributed by atoms with van der Waals surface area (Å²) < 4.78 is 1.95. The molecule has 3 heterocycles. The first-order chi connectivity index (χ1) is 8.25. The number of nitrogens with two attached hydrogens (primary N) is 1. The van der Waals surface area contributed by atoms with Gasteiger partial charge in [0.15, 0.2) is 0 Å². The molecule has 5 heteroatoms. The molecular formula is C12H11N5. The Labute approximate surface area is 98.0 Å². The lowest BCUT2D eigenvalue weighted by Gasteiger charge is -2.04. The first-order valence-electron chi connectivity index (χ1n) is 5.25. The quantitative estimate of drug-likeness (QED) is 0.684. The Morgan fingerprint density at radius 2 is 2.12 bits per heavy atom. The SMILES string of the molecule is Cc1cncc(-n2ccc3c(N)ncnc32)c1. The first-order valence-corrected chi connectivity index (χ1v) is 5.25. The molecule has 0 aliphatic carbocycles. The molecule has 0 aliphatic rings. The van der Waals surface area contributed by atoms with Gasteiger partial charge >= 0.3 is 0 Å². The zero-order valence-corrected chi connectivity index (χ0v) is 9.33. The average molecular weight is 225 g/mol. The molecule has 84 valence electrons. The predicted octanol–water partition coefficient (Wildman–Crippen LogP) is 1.71. The van der Waals surface area contributed by atoms with Crippen molar-refractivity contribution in [2.75, 3.05) is 5.73 Å². The van der Waals surface area contributed by atoms with Crippen molar-refractivity contribution < 1.29 is 0 Å². The van der Waals surface area contributed by atoms with Crippen LogP contribution in [0.1, 0.15) is 5.56 Å². The molecule has 0 saturated heterocycles. The maximum absolute atomic E-state index is 5.80. The predicted molar refractivity (Wildman–Crippen MR) is 65.8 cm³/mol. The van der Waals surface area contributed by atoms with Crippen molar-refractivity contribution >= 4 is 16.9 Å². The van der Waals surface area contributed by atoms with Crippen LogP contribution in [0.15, 0.2) is 37.1 Å². The maximum atomic E-state index is 5.80. The van der Waals surface area contributed by atoms with Crippen molar-refractivity contribution in [3.63, 3.8) is 0 Å². The fourth-order valence-electron chi connectivity index (χ4n) is 1.85. The van der Waals surface area contributed by atoms with Gasteiger partial charge in [-0.25, -0.2) is 9.97 Å². The molecule has 3 aromatic rings. The van der Waals surface area contributed by atoms with Gasteiger partial charge < -0.3 is 5.73 Å². The number of hydrogen-bond donors (Lipinski definition) is 1. The monoisotopic (exact) mass is 225 g/mol. The highest BCUT2D eigenvalue weighted by molar-refractivity contribution is 5.87. The van der Waals surface area contributed by atoms with E-state index in [1.54, 1.807) is 6.20 Å². The third-order valence-electron chi connectivity index (χ3n) is 2.65. The second kappa shape index (κ2) is 3.55. The van der Waals surface area contributed by atoms with Crippen LogP contribution in [0.4, 0.5) is 5.82 Å². The molecule has 0 spiro atoms. The van der Waals surface area contributed by atoms with Crippen LogP contribution >= 0.6 is 0 Å². The van der Waals surface area contributed by atoms with Crippen molar-refractivity contribution in [2.45, 2.75) is 6.92 Å². The van der Waals surface area contributed by atoms with Crippen LogP contribution in [-0.2, 0) is 0 Å². The molecule has 0 bridgehead atoms. The summed E-state index contributed by atoms with van der Waals surface area (Å²) in [4.78, 5) is 12.4. The molecule has 0 radical (unpaired) electrons. The molecule has 0 aliphatic heterocycles. The van der Waals surface area contributed by atoms with Gasteiger partial charge in [-0.1, -0.05) is 0 Å². The zero-order chi connectivity index (χ0) is 11.8.